The third-order valence-corrected chi connectivity index (χ3v) is 2.16. The molecule has 94 valence electrons. The van der Waals surface area contributed by atoms with Crippen LogP contribution in [-0.4, -0.2) is 30.7 Å². The zero-order valence-electron chi connectivity index (χ0n) is 9.56. The predicted molar refractivity (Wildman–Crippen MR) is 58.6 cm³/mol. The SMILES string of the molecule is COC(=O)CCCNCc1cc(C(=O)O)co1. The van der Waals surface area contributed by atoms with Crippen molar-refractivity contribution in [3.8, 4) is 0 Å². The van der Waals surface area contributed by atoms with Crippen molar-refractivity contribution < 1.29 is 23.8 Å². The van der Waals surface area contributed by atoms with Gasteiger partial charge in [-0.3, -0.25) is 4.79 Å². The molecule has 0 atom stereocenters. The first kappa shape index (κ1) is 13.2. The van der Waals surface area contributed by atoms with E-state index < -0.39 is 5.97 Å². The van der Waals surface area contributed by atoms with Gasteiger partial charge in [-0.2, -0.15) is 0 Å². The van der Waals surface area contributed by atoms with Crippen molar-refractivity contribution in [2.24, 2.45) is 0 Å². The fourth-order valence-electron chi connectivity index (χ4n) is 1.26. The molecule has 0 aliphatic heterocycles. The summed E-state index contributed by atoms with van der Waals surface area (Å²) in [5, 5.41) is 11.7. The van der Waals surface area contributed by atoms with Crippen molar-refractivity contribution in [1.29, 1.82) is 0 Å². The van der Waals surface area contributed by atoms with Gasteiger partial charge in [-0.05, 0) is 19.0 Å². The van der Waals surface area contributed by atoms with E-state index in [1.54, 1.807) is 0 Å². The van der Waals surface area contributed by atoms with Crippen LogP contribution in [0.2, 0.25) is 0 Å². The number of carboxylic acid groups (broad SMARTS) is 1. The second-order valence-corrected chi connectivity index (χ2v) is 3.46. The van der Waals surface area contributed by atoms with Crippen LogP contribution in [0.15, 0.2) is 16.7 Å². The Balaban J connectivity index is 2.18. The maximum Gasteiger partial charge on any atom is 0.338 e. The topological polar surface area (TPSA) is 88.8 Å². The lowest BCUT2D eigenvalue weighted by atomic mass is 10.3. The van der Waals surface area contributed by atoms with Gasteiger partial charge in [0.05, 0.1) is 19.2 Å². The highest BCUT2D eigenvalue weighted by atomic mass is 16.5. The van der Waals surface area contributed by atoms with Crippen LogP contribution in [0.1, 0.15) is 29.0 Å². The van der Waals surface area contributed by atoms with E-state index in [4.69, 9.17) is 9.52 Å². The van der Waals surface area contributed by atoms with Gasteiger partial charge >= 0.3 is 11.9 Å². The smallest absolute Gasteiger partial charge is 0.338 e. The highest BCUT2D eigenvalue weighted by molar-refractivity contribution is 5.87. The van der Waals surface area contributed by atoms with E-state index in [0.29, 0.717) is 31.7 Å². The Labute approximate surface area is 98.6 Å². The van der Waals surface area contributed by atoms with Gasteiger partial charge in [0.15, 0.2) is 0 Å². The highest BCUT2D eigenvalue weighted by Crippen LogP contribution is 2.07. The van der Waals surface area contributed by atoms with Crippen LogP contribution in [0.5, 0.6) is 0 Å². The molecule has 0 fully saturated rings. The molecule has 0 aromatic carbocycles. The van der Waals surface area contributed by atoms with Gasteiger partial charge in [0.2, 0.25) is 0 Å². The number of esters is 1. The molecule has 0 unspecified atom stereocenters. The Bertz CT molecular complexity index is 385. The quantitative estimate of drug-likeness (QED) is 0.547. The summed E-state index contributed by atoms with van der Waals surface area (Å²) in [6.07, 6.45) is 2.23. The molecule has 0 spiro atoms. The summed E-state index contributed by atoms with van der Waals surface area (Å²) in [6, 6.07) is 1.47. The van der Waals surface area contributed by atoms with E-state index >= 15 is 0 Å². The summed E-state index contributed by atoms with van der Waals surface area (Å²) in [4.78, 5) is 21.4. The van der Waals surface area contributed by atoms with Crippen LogP contribution < -0.4 is 5.32 Å². The van der Waals surface area contributed by atoms with E-state index in [2.05, 4.69) is 10.1 Å². The lowest BCUT2D eigenvalue weighted by Gasteiger charge is -2.01. The Kier molecular flexibility index (Phi) is 5.22. The van der Waals surface area contributed by atoms with Crippen LogP contribution in [0, 0.1) is 0 Å². The number of hydrogen-bond acceptors (Lipinski definition) is 5. The molecular weight excluding hydrogens is 226 g/mol. The van der Waals surface area contributed by atoms with Crippen LogP contribution in [-0.2, 0) is 16.1 Å². The van der Waals surface area contributed by atoms with Crippen molar-refractivity contribution in [2.45, 2.75) is 19.4 Å². The van der Waals surface area contributed by atoms with Gasteiger partial charge in [0, 0.05) is 6.42 Å². The second kappa shape index (κ2) is 6.70. The molecule has 0 saturated heterocycles. The average molecular weight is 241 g/mol. The maximum atomic E-state index is 10.8. The molecular formula is C11H15NO5. The summed E-state index contributed by atoms with van der Waals surface area (Å²) in [6.45, 7) is 1.08. The van der Waals surface area contributed by atoms with Gasteiger partial charge in [0.1, 0.15) is 12.0 Å². The van der Waals surface area contributed by atoms with E-state index in [1.165, 1.54) is 19.4 Å². The maximum absolute atomic E-state index is 10.8. The largest absolute Gasteiger partial charge is 0.478 e. The molecule has 0 amide bonds. The molecule has 1 aromatic heterocycles. The standard InChI is InChI=1S/C11H15NO5/c1-16-10(13)3-2-4-12-6-9-5-8(7-17-9)11(14)15/h5,7,12H,2-4,6H2,1H3,(H,14,15). The fourth-order valence-corrected chi connectivity index (χ4v) is 1.26. The number of carbonyl (C=O) groups excluding carboxylic acids is 1. The van der Waals surface area contributed by atoms with Gasteiger partial charge in [0.25, 0.3) is 0 Å². The van der Waals surface area contributed by atoms with Crippen molar-refractivity contribution in [2.75, 3.05) is 13.7 Å². The first-order valence-electron chi connectivity index (χ1n) is 5.21. The van der Waals surface area contributed by atoms with Crippen molar-refractivity contribution >= 4 is 11.9 Å². The van der Waals surface area contributed by atoms with Crippen LogP contribution in [0.25, 0.3) is 0 Å². The number of hydrogen-bond donors (Lipinski definition) is 2. The zero-order chi connectivity index (χ0) is 12.7. The van der Waals surface area contributed by atoms with E-state index in [0.717, 1.165) is 0 Å². The van der Waals surface area contributed by atoms with Crippen molar-refractivity contribution in [3.05, 3.63) is 23.7 Å². The molecule has 1 heterocycles. The zero-order valence-corrected chi connectivity index (χ0v) is 9.56. The molecule has 0 saturated carbocycles. The number of carboxylic acids is 1. The number of furan rings is 1. The molecule has 1 rings (SSSR count). The fraction of sp³-hybridized carbons (Fsp3) is 0.455. The Morgan fingerprint density at radius 3 is 2.88 bits per heavy atom. The summed E-state index contributed by atoms with van der Waals surface area (Å²) < 4.78 is 9.53. The molecule has 0 radical (unpaired) electrons. The van der Waals surface area contributed by atoms with Gasteiger partial charge < -0.3 is 19.6 Å². The molecule has 17 heavy (non-hydrogen) atoms. The molecule has 6 nitrogen and oxygen atoms in total. The Hall–Kier alpha value is -1.82. The molecule has 1 aromatic rings. The minimum atomic E-state index is -1.01. The summed E-state index contributed by atoms with van der Waals surface area (Å²) in [5.74, 6) is -0.691. The first-order valence-corrected chi connectivity index (χ1v) is 5.21. The van der Waals surface area contributed by atoms with Crippen molar-refractivity contribution in [1.82, 2.24) is 5.32 Å². The van der Waals surface area contributed by atoms with Crippen LogP contribution in [0.3, 0.4) is 0 Å². The predicted octanol–water partition coefficient (Wildman–Crippen LogP) is 1.02. The number of carbonyl (C=O) groups is 2. The van der Waals surface area contributed by atoms with Crippen LogP contribution >= 0.6 is 0 Å². The monoisotopic (exact) mass is 241 g/mol. The minimum absolute atomic E-state index is 0.136. The summed E-state index contributed by atoms with van der Waals surface area (Å²) in [7, 11) is 1.35. The molecule has 0 aliphatic carbocycles. The van der Waals surface area contributed by atoms with E-state index in [-0.39, 0.29) is 11.5 Å². The molecule has 0 aliphatic rings. The van der Waals surface area contributed by atoms with Gasteiger partial charge in [-0.15, -0.1) is 0 Å². The summed E-state index contributed by atoms with van der Waals surface area (Å²) in [5.41, 5.74) is 0.136. The number of aromatic carboxylic acids is 1. The highest BCUT2D eigenvalue weighted by Gasteiger charge is 2.07. The Morgan fingerprint density at radius 2 is 2.29 bits per heavy atom. The molecule has 0 bridgehead atoms. The third kappa shape index (κ3) is 4.69. The van der Waals surface area contributed by atoms with Gasteiger partial charge in [-0.1, -0.05) is 0 Å². The summed E-state index contributed by atoms with van der Waals surface area (Å²) >= 11 is 0. The number of methoxy groups -OCH3 is 1. The minimum Gasteiger partial charge on any atom is -0.478 e. The Morgan fingerprint density at radius 1 is 1.53 bits per heavy atom. The van der Waals surface area contributed by atoms with E-state index in [1.807, 2.05) is 0 Å². The van der Waals surface area contributed by atoms with Crippen LogP contribution in [0.4, 0.5) is 0 Å². The number of nitrogens with one attached hydrogen (secondary N) is 1. The first-order chi connectivity index (χ1) is 8.13. The second-order valence-electron chi connectivity index (χ2n) is 3.46. The van der Waals surface area contributed by atoms with Gasteiger partial charge in [-0.25, -0.2) is 4.79 Å². The normalized spacial score (nSPS) is 10.2. The lowest BCUT2D eigenvalue weighted by Crippen LogP contribution is -2.15. The average Bonchev–Trinajstić information content (AvgIpc) is 2.77. The number of rotatable bonds is 7. The lowest BCUT2D eigenvalue weighted by molar-refractivity contribution is -0.140. The molecule has 2 N–H and O–H groups in total. The third-order valence-electron chi connectivity index (χ3n) is 2.16. The van der Waals surface area contributed by atoms with E-state index in [9.17, 15) is 9.59 Å². The number of ether oxygens (including phenoxy) is 1. The van der Waals surface area contributed by atoms with Crippen molar-refractivity contribution in [3.63, 3.8) is 0 Å². The molecule has 6 heteroatoms.